The molecule has 1 amide bonds. The van der Waals surface area contributed by atoms with Gasteiger partial charge in [0.2, 0.25) is 5.91 Å². The van der Waals surface area contributed by atoms with Gasteiger partial charge in [0.25, 0.3) is 0 Å². The lowest BCUT2D eigenvalue weighted by molar-refractivity contribution is -0.137. The second-order valence-electron chi connectivity index (χ2n) is 4.10. The molecule has 0 spiro atoms. The van der Waals surface area contributed by atoms with E-state index in [2.05, 4.69) is 5.32 Å². The number of hydrogen-bond acceptors (Lipinski definition) is 3. The smallest absolute Gasteiger partial charge is 0.396 e. The molecule has 0 bridgehead atoms. The molecule has 2 N–H and O–H groups in total. The van der Waals surface area contributed by atoms with Gasteiger partial charge in [-0.25, -0.2) is 0 Å². The van der Waals surface area contributed by atoms with Crippen molar-refractivity contribution in [1.82, 2.24) is 0 Å². The molecule has 7 heteroatoms. The maximum atomic E-state index is 12.7. The van der Waals surface area contributed by atoms with Gasteiger partial charge in [-0.3, -0.25) is 4.79 Å². The Morgan fingerprint density at radius 3 is 2.60 bits per heavy atom. The molecule has 0 atom stereocenters. The van der Waals surface area contributed by atoms with E-state index < -0.39 is 23.2 Å². The van der Waals surface area contributed by atoms with E-state index in [0.29, 0.717) is 12.8 Å². The number of anilines is 1. The van der Waals surface area contributed by atoms with E-state index in [4.69, 9.17) is 10.4 Å². The summed E-state index contributed by atoms with van der Waals surface area (Å²) in [6, 6.07) is 4.47. The Morgan fingerprint density at radius 1 is 1.35 bits per heavy atom. The molecule has 4 nitrogen and oxygen atoms in total. The number of halogens is 3. The van der Waals surface area contributed by atoms with Gasteiger partial charge in [-0.2, -0.15) is 18.4 Å². The van der Waals surface area contributed by atoms with Crippen LogP contribution in [0.25, 0.3) is 0 Å². The maximum absolute atomic E-state index is 12.7. The van der Waals surface area contributed by atoms with Gasteiger partial charge in [0.05, 0.1) is 17.2 Å². The third-order valence-corrected chi connectivity index (χ3v) is 2.54. The van der Waals surface area contributed by atoms with Gasteiger partial charge in [0, 0.05) is 18.7 Å². The van der Waals surface area contributed by atoms with Crippen LogP contribution >= 0.6 is 0 Å². The third kappa shape index (κ3) is 4.55. The molecule has 0 saturated heterocycles. The first kappa shape index (κ1) is 16.0. The molecular weight excluding hydrogens is 273 g/mol. The molecular formula is C13H13F3N2O2. The fourth-order valence-corrected chi connectivity index (χ4v) is 1.57. The number of carbonyl (C=O) groups excluding carboxylic acids is 1. The van der Waals surface area contributed by atoms with Gasteiger partial charge in [0.15, 0.2) is 0 Å². The Balaban J connectivity index is 2.83. The second kappa shape index (κ2) is 6.91. The highest BCUT2D eigenvalue weighted by molar-refractivity contribution is 5.90. The molecule has 1 aromatic carbocycles. The van der Waals surface area contributed by atoms with Crippen LogP contribution in [0.3, 0.4) is 0 Å². The van der Waals surface area contributed by atoms with Gasteiger partial charge in [-0.15, -0.1) is 0 Å². The molecule has 0 unspecified atom stereocenters. The SMILES string of the molecule is N#Cc1ccc(NC(=O)CCCCO)cc1C(F)(F)F. The van der Waals surface area contributed by atoms with Crippen molar-refractivity contribution in [1.29, 1.82) is 5.26 Å². The summed E-state index contributed by atoms with van der Waals surface area (Å²) in [6.07, 6.45) is -3.63. The number of nitriles is 1. The van der Waals surface area contributed by atoms with Crippen molar-refractivity contribution in [3.8, 4) is 6.07 Å². The molecule has 108 valence electrons. The summed E-state index contributed by atoms with van der Waals surface area (Å²) in [6.45, 7) is -0.0393. The number of unbranched alkanes of at least 4 members (excludes halogenated alkanes) is 1. The van der Waals surface area contributed by atoms with Crippen LogP contribution in [0.15, 0.2) is 18.2 Å². The van der Waals surface area contributed by atoms with Crippen molar-refractivity contribution in [2.24, 2.45) is 0 Å². The van der Waals surface area contributed by atoms with Crippen LogP contribution in [-0.2, 0) is 11.0 Å². The Hall–Kier alpha value is -2.07. The minimum absolute atomic E-state index is 0.00896. The Labute approximate surface area is 113 Å². The van der Waals surface area contributed by atoms with Crippen LogP contribution in [0.4, 0.5) is 18.9 Å². The van der Waals surface area contributed by atoms with E-state index >= 15 is 0 Å². The summed E-state index contributed by atoms with van der Waals surface area (Å²) in [5.74, 6) is -0.434. The topological polar surface area (TPSA) is 73.1 Å². The number of aliphatic hydroxyl groups excluding tert-OH is 1. The molecule has 0 aliphatic rings. The van der Waals surface area contributed by atoms with E-state index in [-0.39, 0.29) is 18.7 Å². The average molecular weight is 286 g/mol. The van der Waals surface area contributed by atoms with Crippen molar-refractivity contribution < 1.29 is 23.1 Å². The zero-order chi connectivity index (χ0) is 15.2. The molecule has 20 heavy (non-hydrogen) atoms. The standard InChI is InChI=1S/C13H13F3N2O2/c14-13(15,16)11-7-10(5-4-9(11)8-17)18-12(20)3-1-2-6-19/h4-5,7,19H,1-3,6H2,(H,18,20). The van der Waals surface area contributed by atoms with E-state index in [9.17, 15) is 18.0 Å². The van der Waals surface area contributed by atoms with Crippen LogP contribution in [0.2, 0.25) is 0 Å². The van der Waals surface area contributed by atoms with E-state index in [1.54, 1.807) is 0 Å². The third-order valence-electron chi connectivity index (χ3n) is 2.54. The summed E-state index contributed by atoms with van der Waals surface area (Å²) in [5, 5.41) is 19.5. The summed E-state index contributed by atoms with van der Waals surface area (Å²) < 4.78 is 38.1. The summed E-state index contributed by atoms with van der Waals surface area (Å²) in [5.41, 5.74) is -1.57. The van der Waals surface area contributed by atoms with Crippen LogP contribution < -0.4 is 5.32 Å². The van der Waals surface area contributed by atoms with Crippen molar-refractivity contribution in [2.75, 3.05) is 11.9 Å². The maximum Gasteiger partial charge on any atom is 0.417 e. The lowest BCUT2D eigenvalue weighted by atomic mass is 10.1. The Morgan fingerprint density at radius 2 is 2.05 bits per heavy atom. The minimum Gasteiger partial charge on any atom is -0.396 e. The number of aliphatic hydroxyl groups is 1. The van der Waals surface area contributed by atoms with Gasteiger partial charge in [0.1, 0.15) is 0 Å². The van der Waals surface area contributed by atoms with Gasteiger partial charge in [-0.1, -0.05) is 0 Å². The van der Waals surface area contributed by atoms with E-state index in [1.807, 2.05) is 0 Å². The fraction of sp³-hybridized carbons (Fsp3) is 0.385. The zero-order valence-electron chi connectivity index (χ0n) is 10.5. The Kier molecular flexibility index (Phi) is 5.53. The molecule has 0 radical (unpaired) electrons. The molecule has 1 rings (SSSR count). The van der Waals surface area contributed by atoms with E-state index in [1.165, 1.54) is 12.1 Å². The number of alkyl halides is 3. The second-order valence-corrected chi connectivity index (χ2v) is 4.10. The highest BCUT2D eigenvalue weighted by atomic mass is 19.4. The van der Waals surface area contributed by atoms with E-state index in [0.717, 1.165) is 12.1 Å². The van der Waals surface area contributed by atoms with Crippen molar-refractivity contribution >= 4 is 11.6 Å². The largest absolute Gasteiger partial charge is 0.417 e. The Bertz CT molecular complexity index is 521. The first-order valence-electron chi connectivity index (χ1n) is 5.90. The number of carbonyl (C=O) groups is 1. The van der Waals surface area contributed by atoms with Crippen LogP contribution in [0, 0.1) is 11.3 Å². The number of nitrogens with one attached hydrogen (secondary N) is 1. The monoisotopic (exact) mass is 286 g/mol. The van der Waals surface area contributed by atoms with Crippen molar-refractivity contribution in [2.45, 2.75) is 25.4 Å². The number of hydrogen-bond donors (Lipinski definition) is 2. The number of rotatable bonds is 5. The summed E-state index contributed by atoms with van der Waals surface area (Å²) in [7, 11) is 0. The number of amides is 1. The molecule has 0 aromatic heterocycles. The van der Waals surface area contributed by atoms with Gasteiger partial charge >= 0.3 is 6.18 Å². The minimum atomic E-state index is -4.65. The molecule has 0 aliphatic carbocycles. The van der Waals surface area contributed by atoms with Gasteiger partial charge < -0.3 is 10.4 Å². The number of nitrogens with zero attached hydrogens (tertiary/aromatic N) is 1. The molecule has 0 fully saturated rings. The van der Waals surface area contributed by atoms with Gasteiger partial charge in [-0.05, 0) is 31.0 Å². The highest BCUT2D eigenvalue weighted by Crippen LogP contribution is 2.33. The normalized spacial score (nSPS) is 10.9. The summed E-state index contributed by atoms with van der Waals surface area (Å²) in [4.78, 5) is 11.5. The quantitative estimate of drug-likeness (QED) is 0.817. The average Bonchev–Trinajstić information content (AvgIpc) is 2.38. The first-order chi connectivity index (χ1) is 9.38. The van der Waals surface area contributed by atoms with Crippen LogP contribution in [0.1, 0.15) is 30.4 Å². The molecule has 1 aromatic rings. The van der Waals surface area contributed by atoms with Crippen LogP contribution in [0.5, 0.6) is 0 Å². The summed E-state index contributed by atoms with van der Waals surface area (Å²) >= 11 is 0. The van der Waals surface area contributed by atoms with Crippen molar-refractivity contribution in [3.05, 3.63) is 29.3 Å². The molecule has 0 heterocycles. The predicted molar refractivity (Wildman–Crippen MR) is 65.7 cm³/mol. The fourth-order valence-electron chi connectivity index (χ4n) is 1.57. The number of benzene rings is 1. The predicted octanol–water partition coefficient (Wildman–Crippen LogP) is 2.68. The molecule has 0 aliphatic heterocycles. The molecule has 0 saturated carbocycles. The lowest BCUT2D eigenvalue weighted by Gasteiger charge is -2.11. The highest BCUT2D eigenvalue weighted by Gasteiger charge is 2.33. The van der Waals surface area contributed by atoms with Crippen LogP contribution in [-0.4, -0.2) is 17.6 Å². The zero-order valence-corrected chi connectivity index (χ0v) is 10.5. The first-order valence-corrected chi connectivity index (χ1v) is 5.90. The van der Waals surface area contributed by atoms with Crippen molar-refractivity contribution in [3.63, 3.8) is 0 Å². The lowest BCUT2D eigenvalue weighted by Crippen LogP contribution is -2.13.